The summed E-state index contributed by atoms with van der Waals surface area (Å²) < 4.78 is 15.6. The normalized spacial score (nSPS) is 16.6. The van der Waals surface area contributed by atoms with Gasteiger partial charge in [0, 0.05) is 30.8 Å². The van der Waals surface area contributed by atoms with E-state index in [9.17, 15) is 9.50 Å². The van der Waals surface area contributed by atoms with Crippen LogP contribution in [0, 0.1) is 5.82 Å². The smallest absolute Gasteiger partial charge is 0.129 e. The first kappa shape index (κ1) is 15.9. The molecule has 6 heteroatoms. The minimum absolute atomic E-state index is 0.234. The summed E-state index contributed by atoms with van der Waals surface area (Å²) >= 11 is 0. The minimum atomic E-state index is -0.822. The van der Waals surface area contributed by atoms with E-state index in [0.29, 0.717) is 12.1 Å². The number of β-amino-alcohol motifs (C(OH)–C–C–N with tert-alkyl or cyclic N) is 1. The van der Waals surface area contributed by atoms with Gasteiger partial charge in [-0.25, -0.2) is 9.07 Å². The summed E-state index contributed by atoms with van der Waals surface area (Å²) in [5.74, 6) is -0.365. The molecule has 2 heterocycles. The molecule has 0 unspecified atom stereocenters. The lowest BCUT2D eigenvalue weighted by Gasteiger charge is -2.39. The highest BCUT2D eigenvalue weighted by Crippen LogP contribution is 2.26. The van der Waals surface area contributed by atoms with Gasteiger partial charge in [-0.1, -0.05) is 53.7 Å². The number of halogens is 1. The molecular formula is C19H19FN4O. The van der Waals surface area contributed by atoms with Gasteiger partial charge in [0.05, 0.1) is 18.3 Å². The van der Waals surface area contributed by atoms with E-state index in [-0.39, 0.29) is 11.9 Å². The Morgan fingerprint density at radius 1 is 1.08 bits per heavy atom. The minimum Gasteiger partial charge on any atom is -0.387 e. The van der Waals surface area contributed by atoms with E-state index < -0.39 is 6.10 Å². The molecule has 25 heavy (non-hydrogen) atoms. The van der Waals surface area contributed by atoms with E-state index in [1.165, 1.54) is 6.07 Å². The molecule has 0 aliphatic carbocycles. The van der Waals surface area contributed by atoms with Gasteiger partial charge < -0.3 is 5.11 Å². The molecule has 1 atom stereocenters. The Labute approximate surface area is 145 Å². The van der Waals surface area contributed by atoms with Crippen LogP contribution in [0.5, 0.6) is 0 Å². The third-order valence-electron chi connectivity index (χ3n) is 4.59. The number of benzene rings is 2. The topological polar surface area (TPSA) is 54.2 Å². The molecule has 3 aromatic rings. The van der Waals surface area contributed by atoms with Crippen molar-refractivity contribution in [1.82, 2.24) is 19.9 Å². The maximum absolute atomic E-state index is 13.7. The van der Waals surface area contributed by atoms with Crippen molar-refractivity contribution in [2.45, 2.75) is 12.1 Å². The van der Waals surface area contributed by atoms with Crippen molar-refractivity contribution in [3.8, 4) is 11.3 Å². The maximum Gasteiger partial charge on any atom is 0.129 e. The van der Waals surface area contributed by atoms with Crippen LogP contribution in [0.15, 0.2) is 60.8 Å². The molecular weight excluding hydrogens is 319 g/mol. The largest absolute Gasteiger partial charge is 0.387 e. The molecule has 0 radical (unpaired) electrons. The molecule has 0 saturated carbocycles. The van der Waals surface area contributed by atoms with Gasteiger partial charge in [0.25, 0.3) is 0 Å². The molecule has 4 rings (SSSR count). The number of likely N-dealkylation sites (tertiary alicyclic amines) is 1. The van der Waals surface area contributed by atoms with Gasteiger partial charge >= 0.3 is 0 Å². The van der Waals surface area contributed by atoms with Crippen molar-refractivity contribution in [2.24, 2.45) is 0 Å². The molecule has 1 aromatic heterocycles. The third kappa shape index (κ3) is 3.31. The van der Waals surface area contributed by atoms with E-state index in [4.69, 9.17) is 0 Å². The molecule has 1 aliphatic rings. The number of aliphatic hydroxyl groups excluding tert-OH is 1. The fourth-order valence-corrected chi connectivity index (χ4v) is 3.14. The van der Waals surface area contributed by atoms with Crippen LogP contribution in [0.1, 0.15) is 17.7 Å². The predicted molar refractivity (Wildman–Crippen MR) is 92.3 cm³/mol. The third-order valence-corrected chi connectivity index (χ3v) is 4.59. The molecule has 1 aliphatic heterocycles. The van der Waals surface area contributed by atoms with Crippen molar-refractivity contribution in [3.63, 3.8) is 0 Å². The number of hydrogen-bond donors (Lipinski definition) is 1. The van der Waals surface area contributed by atoms with Crippen LogP contribution >= 0.6 is 0 Å². The zero-order valence-electron chi connectivity index (χ0n) is 13.7. The Morgan fingerprint density at radius 2 is 1.80 bits per heavy atom. The Bertz CT molecular complexity index is 845. The van der Waals surface area contributed by atoms with Crippen LogP contribution < -0.4 is 0 Å². The van der Waals surface area contributed by atoms with E-state index >= 15 is 0 Å². The lowest BCUT2D eigenvalue weighted by atomic mass is 10.0. The van der Waals surface area contributed by atoms with Gasteiger partial charge in [0.2, 0.25) is 0 Å². The molecule has 1 fully saturated rings. The highest BCUT2D eigenvalue weighted by Gasteiger charge is 2.31. The second-order valence-electron chi connectivity index (χ2n) is 6.36. The Morgan fingerprint density at radius 3 is 2.56 bits per heavy atom. The molecule has 128 valence electrons. The Balaban J connectivity index is 1.35. The van der Waals surface area contributed by atoms with Gasteiger partial charge in [-0.15, -0.1) is 5.10 Å². The summed E-state index contributed by atoms with van der Waals surface area (Å²) in [5.41, 5.74) is 2.24. The van der Waals surface area contributed by atoms with Crippen molar-refractivity contribution >= 4 is 0 Å². The summed E-state index contributed by atoms with van der Waals surface area (Å²) in [6, 6.07) is 16.5. The monoisotopic (exact) mass is 338 g/mol. The second kappa shape index (κ2) is 6.74. The summed E-state index contributed by atoms with van der Waals surface area (Å²) in [7, 11) is 0. The predicted octanol–water partition coefficient (Wildman–Crippen LogP) is 2.67. The standard InChI is InChI=1S/C19H19FN4O/c20-17-9-5-4-8-16(17)19(25)13-23-10-15(11-23)24-12-18(21-22-24)14-6-2-1-3-7-14/h1-9,12,15,19,25H,10-11,13H2/t19-/m0/s1. The van der Waals surface area contributed by atoms with Crippen LogP contribution in [0.4, 0.5) is 4.39 Å². The Kier molecular flexibility index (Phi) is 4.29. The van der Waals surface area contributed by atoms with Gasteiger partial charge in [-0.05, 0) is 6.07 Å². The zero-order chi connectivity index (χ0) is 17.2. The zero-order valence-corrected chi connectivity index (χ0v) is 13.7. The van der Waals surface area contributed by atoms with E-state index in [2.05, 4.69) is 15.2 Å². The molecule has 5 nitrogen and oxygen atoms in total. The van der Waals surface area contributed by atoms with Crippen LogP contribution in [0.25, 0.3) is 11.3 Å². The number of hydrogen-bond acceptors (Lipinski definition) is 4. The molecule has 0 bridgehead atoms. The number of aliphatic hydroxyl groups is 1. The van der Waals surface area contributed by atoms with E-state index in [0.717, 1.165) is 24.3 Å². The fourth-order valence-electron chi connectivity index (χ4n) is 3.14. The average Bonchev–Trinajstić information content (AvgIpc) is 3.08. The highest BCUT2D eigenvalue weighted by atomic mass is 19.1. The summed E-state index contributed by atoms with van der Waals surface area (Å²) in [4.78, 5) is 2.09. The quantitative estimate of drug-likeness (QED) is 0.777. The molecule has 0 amide bonds. The SMILES string of the molecule is O[C@@H](CN1CC(n2cc(-c3ccccc3)nn2)C1)c1ccccc1F. The summed E-state index contributed by atoms with van der Waals surface area (Å²) in [6.45, 7) is 1.95. The van der Waals surface area contributed by atoms with E-state index in [1.54, 1.807) is 18.2 Å². The lowest BCUT2D eigenvalue weighted by Crippen LogP contribution is -2.49. The lowest BCUT2D eigenvalue weighted by molar-refractivity contribution is 0.0382. The maximum atomic E-state index is 13.7. The Hall–Kier alpha value is -2.57. The number of rotatable bonds is 5. The summed E-state index contributed by atoms with van der Waals surface area (Å²) in [5, 5.41) is 18.7. The van der Waals surface area contributed by atoms with Crippen LogP contribution in [0.3, 0.4) is 0 Å². The highest BCUT2D eigenvalue weighted by molar-refractivity contribution is 5.57. The first-order chi connectivity index (χ1) is 12.2. The van der Waals surface area contributed by atoms with Gasteiger partial charge in [0.15, 0.2) is 0 Å². The molecule has 2 aromatic carbocycles. The van der Waals surface area contributed by atoms with Crippen molar-refractivity contribution in [1.29, 1.82) is 0 Å². The first-order valence-electron chi connectivity index (χ1n) is 8.33. The molecule has 1 saturated heterocycles. The number of aromatic nitrogens is 3. The van der Waals surface area contributed by atoms with Gasteiger partial charge in [-0.2, -0.15) is 0 Å². The average molecular weight is 338 g/mol. The van der Waals surface area contributed by atoms with Crippen molar-refractivity contribution in [2.75, 3.05) is 19.6 Å². The summed E-state index contributed by atoms with van der Waals surface area (Å²) in [6.07, 6.45) is 1.13. The van der Waals surface area contributed by atoms with Crippen molar-refractivity contribution in [3.05, 3.63) is 72.2 Å². The second-order valence-corrected chi connectivity index (χ2v) is 6.36. The van der Waals surface area contributed by atoms with Crippen molar-refractivity contribution < 1.29 is 9.50 Å². The van der Waals surface area contributed by atoms with Crippen LogP contribution in [-0.4, -0.2) is 44.6 Å². The van der Waals surface area contributed by atoms with Gasteiger partial charge in [-0.3, -0.25) is 4.90 Å². The van der Waals surface area contributed by atoms with E-state index in [1.807, 2.05) is 41.2 Å². The van der Waals surface area contributed by atoms with Gasteiger partial charge in [0.1, 0.15) is 11.5 Å². The number of nitrogens with zero attached hydrogens (tertiary/aromatic N) is 4. The molecule has 0 spiro atoms. The fraction of sp³-hybridized carbons (Fsp3) is 0.263. The van der Waals surface area contributed by atoms with Crippen LogP contribution in [-0.2, 0) is 0 Å². The van der Waals surface area contributed by atoms with Crippen LogP contribution in [0.2, 0.25) is 0 Å². The molecule has 1 N–H and O–H groups in total. The first-order valence-corrected chi connectivity index (χ1v) is 8.33.